The molecule has 186 valence electrons. The topological polar surface area (TPSA) is 99.8 Å². The van der Waals surface area contributed by atoms with Crippen molar-refractivity contribution in [2.75, 3.05) is 39.8 Å². The molecule has 0 aromatic heterocycles. The first-order valence-electron chi connectivity index (χ1n) is 11.7. The van der Waals surface area contributed by atoms with E-state index in [-0.39, 0.29) is 43.2 Å². The Morgan fingerprint density at radius 2 is 1.76 bits per heavy atom. The first-order valence-corrected chi connectivity index (χ1v) is 11.7. The van der Waals surface area contributed by atoms with Gasteiger partial charge in [-0.2, -0.15) is 0 Å². The van der Waals surface area contributed by atoms with E-state index in [4.69, 9.17) is 4.74 Å². The number of nitrogens with one attached hydrogen (secondary N) is 3. The zero-order chi connectivity index (χ0) is 24.8. The zero-order valence-electron chi connectivity index (χ0n) is 20.5. The predicted octanol–water partition coefficient (Wildman–Crippen LogP) is 1.87. The third-order valence-electron chi connectivity index (χ3n) is 5.50. The summed E-state index contributed by atoms with van der Waals surface area (Å²) in [5.74, 6) is -0.642. The molecular weight excluding hydrogens is 427 g/mol. The summed E-state index contributed by atoms with van der Waals surface area (Å²) in [7, 11) is 1.57. The summed E-state index contributed by atoms with van der Waals surface area (Å²) < 4.78 is 19.3. The highest BCUT2D eigenvalue weighted by atomic mass is 19.1. The predicted molar refractivity (Wildman–Crippen MR) is 126 cm³/mol. The fourth-order valence-corrected chi connectivity index (χ4v) is 3.57. The van der Waals surface area contributed by atoms with E-state index in [0.29, 0.717) is 18.8 Å². The number of aryl methyl sites for hydroxylation is 1. The van der Waals surface area contributed by atoms with E-state index in [1.165, 1.54) is 17.0 Å². The van der Waals surface area contributed by atoms with Crippen LogP contribution in [0.4, 0.5) is 4.39 Å². The first-order chi connectivity index (χ1) is 15.8. The molecule has 1 aromatic carbocycles. The van der Waals surface area contributed by atoms with E-state index in [0.717, 1.165) is 24.8 Å². The van der Waals surface area contributed by atoms with Gasteiger partial charge in [0.1, 0.15) is 18.2 Å². The molecule has 0 spiro atoms. The van der Waals surface area contributed by atoms with Gasteiger partial charge in [-0.25, -0.2) is 4.39 Å². The van der Waals surface area contributed by atoms with Gasteiger partial charge in [-0.05, 0) is 30.9 Å². The van der Waals surface area contributed by atoms with Gasteiger partial charge in [0.15, 0.2) is 0 Å². The second kappa shape index (κ2) is 15.2. The second-order valence-corrected chi connectivity index (χ2v) is 7.89. The van der Waals surface area contributed by atoms with Gasteiger partial charge in [0.05, 0.1) is 19.1 Å². The number of nitrogens with zero attached hydrogens (tertiary/aromatic N) is 1. The molecule has 1 unspecified atom stereocenters. The van der Waals surface area contributed by atoms with Gasteiger partial charge in [-0.1, -0.05) is 39.7 Å². The Hall–Kier alpha value is -2.68. The largest absolute Gasteiger partial charge is 0.492 e. The van der Waals surface area contributed by atoms with Crippen LogP contribution < -0.4 is 20.7 Å². The molecule has 33 heavy (non-hydrogen) atoms. The number of hydrogen-bond acceptors (Lipinski definition) is 5. The molecule has 0 aliphatic carbocycles. The highest BCUT2D eigenvalue weighted by Crippen LogP contribution is 2.20. The Morgan fingerprint density at radius 1 is 1.06 bits per heavy atom. The van der Waals surface area contributed by atoms with Crippen LogP contribution in [0, 0.1) is 11.7 Å². The molecular formula is C24H39FN4O4. The van der Waals surface area contributed by atoms with Crippen molar-refractivity contribution in [1.29, 1.82) is 0 Å². The van der Waals surface area contributed by atoms with Crippen LogP contribution >= 0.6 is 0 Å². The Kier molecular flexibility index (Phi) is 13.1. The van der Waals surface area contributed by atoms with Crippen molar-refractivity contribution < 1.29 is 23.5 Å². The number of halogens is 1. The molecule has 0 fully saturated rings. The summed E-state index contributed by atoms with van der Waals surface area (Å²) in [6, 6.07) is 4.01. The Balaban J connectivity index is 2.67. The van der Waals surface area contributed by atoms with Crippen LogP contribution in [0.1, 0.15) is 46.1 Å². The number of likely N-dealkylation sites (N-methyl/N-ethyl adjacent to an activating group) is 2. The van der Waals surface area contributed by atoms with Crippen molar-refractivity contribution in [3.8, 4) is 5.75 Å². The summed E-state index contributed by atoms with van der Waals surface area (Å²) in [5.41, 5.74) is 0.919. The second-order valence-electron chi connectivity index (χ2n) is 7.89. The summed E-state index contributed by atoms with van der Waals surface area (Å²) in [6.07, 6.45) is 2.31. The Bertz CT molecular complexity index is 771. The normalized spacial score (nSPS) is 11.7. The van der Waals surface area contributed by atoms with Crippen LogP contribution in [0.3, 0.4) is 0 Å². The maximum Gasteiger partial charge on any atom is 0.240 e. The molecule has 0 bridgehead atoms. The SMILES string of the molecule is CCNC(=O)CNC(=O)CN(C)C(=O)C(NCCOc1cc(F)ccc1CC)C(CC)CC. The Labute approximate surface area is 196 Å². The minimum atomic E-state index is -0.483. The van der Waals surface area contributed by atoms with Crippen molar-refractivity contribution >= 4 is 17.7 Å². The lowest BCUT2D eigenvalue weighted by Gasteiger charge is -2.29. The highest BCUT2D eigenvalue weighted by Gasteiger charge is 2.29. The van der Waals surface area contributed by atoms with Gasteiger partial charge < -0.3 is 25.6 Å². The average Bonchev–Trinajstić information content (AvgIpc) is 2.79. The van der Waals surface area contributed by atoms with Gasteiger partial charge in [0.25, 0.3) is 0 Å². The number of benzene rings is 1. The van der Waals surface area contributed by atoms with E-state index in [1.807, 2.05) is 20.8 Å². The van der Waals surface area contributed by atoms with Crippen LogP contribution in [0.25, 0.3) is 0 Å². The molecule has 0 saturated carbocycles. The summed E-state index contributed by atoms with van der Waals surface area (Å²) in [5, 5.41) is 8.38. The number of rotatable bonds is 15. The standard InChI is InChI=1S/C24H39FN4O4/c1-6-17(7-2)23(24(32)29(5)16-22(31)28-15-21(30)26-9-4)27-12-13-33-20-14-19(25)11-10-18(20)8-3/h10-11,14,17,23,27H,6-9,12-13,15-16H2,1-5H3,(H,26,30)(H,28,31). The first kappa shape index (κ1) is 28.4. The van der Waals surface area contributed by atoms with E-state index in [1.54, 1.807) is 20.0 Å². The fraction of sp³-hybridized carbons (Fsp3) is 0.625. The van der Waals surface area contributed by atoms with E-state index in [9.17, 15) is 18.8 Å². The van der Waals surface area contributed by atoms with E-state index >= 15 is 0 Å². The van der Waals surface area contributed by atoms with Gasteiger partial charge in [-0.3, -0.25) is 14.4 Å². The van der Waals surface area contributed by atoms with Gasteiger partial charge in [0.2, 0.25) is 17.7 Å². The zero-order valence-corrected chi connectivity index (χ0v) is 20.5. The smallest absolute Gasteiger partial charge is 0.240 e. The molecule has 0 aliphatic rings. The van der Waals surface area contributed by atoms with Crippen LogP contribution in [0.5, 0.6) is 5.75 Å². The van der Waals surface area contributed by atoms with Crippen molar-refractivity contribution in [2.45, 2.75) is 53.0 Å². The minimum Gasteiger partial charge on any atom is -0.492 e. The third-order valence-corrected chi connectivity index (χ3v) is 5.50. The summed E-state index contributed by atoms with van der Waals surface area (Å²) >= 11 is 0. The monoisotopic (exact) mass is 466 g/mol. The lowest BCUT2D eigenvalue weighted by atomic mass is 9.93. The molecule has 1 atom stereocenters. The van der Waals surface area contributed by atoms with Crippen molar-refractivity contribution in [3.63, 3.8) is 0 Å². The number of carbonyl (C=O) groups excluding carboxylic acids is 3. The molecule has 0 radical (unpaired) electrons. The number of hydrogen-bond donors (Lipinski definition) is 3. The molecule has 9 heteroatoms. The number of ether oxygens (including phenoxy) is 1. The van der Waals surface area contributed by atoms with Crippen LogP contribution in [-0.4, -0.2) is 68.5 Å². The molecule has 3 amide bonds. The minimum absolute atomic E-state index is 0.0821. The van der Waals surface area contributed by atoms with Gasteiger partial charge >= 0.3 is 0 Å². The lowest BCUT2D eigenvalue weighted by Crippen LogP contribution is -2.52. The summed E-state index contributed by atoms with van der Waals surface area (Å²) in [4.78, 5) is 38.1. The molecule has 3 N–H and O–H groups in total. The number of carbonyl (C=O) groups is 3. The van der Waals surface area contributed by atoms with Gasteiger partial charge in [0, 0.05) is 26.2 Å². The third kappa shape index (κ3) is 9.77. The number of amides is 3. The Morgan fingerprint density at radius 3 is 2.36 bits per heavy atom. The van der Waals surface area contributed by atoms with Gasteiger partial charge in [-0.15, -0.1) is 0 Å². The maximum absolute atomic E-state index is 13.6. The van der Waals surface area contributed by atoms with Crippen molar-refractivity contribution in [2.24, 2.45) is 5.92 Å². The van der Waals surface area contributed by atoms with Crippen LogP contribution in [0.15, 0.2) is 18.2 Å². The fourth-order valence-electron chi connectivity index (χ4n) is 3.57. The lowest BCUT2D eigenvalue weighted by molar-refractivity contribution is -0.137. The molecule has 0 heterocycles. The van der Waals surface area contributed by atoms with Crippen LogP contribution in [0.2, 0.25) is 0 Å². The van der Waals surface area contributed by atoms with Crippen molar-refractivity contribution in [1.82, 2.24) is 20.9 Å². The average molecular weight is 467 g/mol. The van der Waals surface area contributed by atoms with E-state index < -0.39 is 11.9 Å². The van der Waals surface area contributed by atoms with Crippen molar-refractivity contribution in [3.05, 3.63) is 29.6 Å². The molecule has 8 nitrogen and oxygen atoms in total. The molecule has 0 saturated heterocycles. The quantitative estimate of drug-likeness (QED) is 0.343. The maximum atomic E-state index is 13.6. The highest BCUT2D eigenvalue weighted by molar-refractivity contribution is 5.89. The van der Waals surface area contributed by atoms with E-state index in [2.05, 4.69) is 16.0 Å². The molecule has 1 rings (SSSR count). The molecule has 1 aromatic rings. The molecule has 0 aliphatic heterocycles. The summed E-state index contributed by atoms with van der Waals surface area (Å²) in [6.45, 7) is 8.69. The van der Waals surface area contributed by atoms with Crippen LogP contribution in [-0.2, 0) is 20.8 Å².